The van der Waals surface area contributed by atoms with Crippen LogP contribution in [-0.2, 0) is 12.5 Å². The minimum Gasteiger partial charge on any atom is -0.338 e. The topological polar surface area (TPSA) is 61.9 Å². The molecule has 25 heavy (non-hydrogen) atoms. The average Bonchev–Trinajstić information content (AvgIpc) is 3.35. The quantitative estimate of drug-likeness (QED) is 0.867. The Labute approximate surface area is 147 Å². The average molecular weight is 334 g/mol. The SMILES string of the molecule is Cn1ccnc1C1CCCN(C(=O)c2ccc(C3(C#N)CC3)cc2)C1. The third-order valence-electron chi connectivity index (χ3n) is 5.58. The number of benzene rings is 1. The van der Waals surface area contributed by atoms with Gasteiger partial charge in [0.2, 0.25) is 0 Å². The molecule has 4 rings (SSSR count). The lowest BCUT2D eigenvalue weighted by atomic mass is 9.95. The van der Waals surface area contributed by atoms with Gasteiger partial charge in [-0.05, 0) is 43.4 Å². The summed E-state index contributed by atoms with van der Waals surface area (Å²) in [7, 11) is 2.00. The molecule has 0 bridgehead atoms. The number of carbonyl (C=O) groups is 1. The number of aryl methyl sites for hydroxylation is 1. The van der Waals surface area contributed by atoms with Gasteiger partial charge in [0, 0.05) is 44.0 Å². The van der Waals surface area contributed by atoms with Crippen LogP contribution >= 0.6 is 0 Å². The van der Waals surface area contributed by atoms with E-state index >= 15 is 0 Å². The number of likely N-dealkylation sites (tertiary alicyclic amines) is 1. The number of imidazole rings is 1. The Kier molecular flexibility index (Phi) is 3.84. The van der Waals surface area contributed by atoms with Gasteiger partial charge in [0.25, 0.3) is 5.91 Å². The van der Waals surface area contributed by atoms with Gasteiger partial charge in [0.1, 0.15) is 5.82 Å². The Bertz CT molecular complexity index is 826. The summed E-state index contributed by atoms with van der Waals surface area (Å²) in [5.41, 5.74) is 1.45. The fourth-order valence-electron chi connectivity index (χ4n) is 3.85. The Hall–Kier alpha value is -2.61. The summed E-state index contributed by atoms with van der Waals surface area (Å²) in [6, 6.07) is 10.0. The van der Waals surface area contributed by atoms with Crippen LogP contribution in [0.3, 0.4) is 0 Å². The minimum atomic E-state index is -0.296. The molecule has 1 aromatic heterocycles. The van der Waals surface area contributed by atoms with Crippen LogP contribution < -0.4 is 0 Å². The van der Waals surface area contributed by atoms with Crippen molar-refractivity contribution in [3.63, 3.8) is 0 Å². The van der Waals surface area contributed by atoms with Crippen molar-refractivity contribution in [2.24, 2.45) is 7.05 Å². The Morgan fingerprint density at radius 3 is 2.68 bits per heavy atom. The van der Waals surface area contributed by atoms with Crippen LogP contribution in [0.1, 0.15) is 53.3 Å². The molecule has 2 heterocycles. The standard InChI is InChI=1S/C20H22N4O/c1-23-12-10-22-18(23)16-3-2-11-24(13-16)19(25)15-4-6-17(7-5-15)20(14-21)8-9-20/h4-7,10,12,16H,2-3,8-9,11,13H2,1H3. The maximum absolute atomic E-state index is 12.9. The van der Waals surface area contributed by atoms with Gasteiger partial charge in [-0.3, -0.25) is 4.79 Å². The highest BCUT2D eigenvalue weighted by atomic mass is 16.2. The number of nitriles is 1. The van der Waals surface area contributed by atoms with E-state index in [1.807, 2.05) is 53.2 Å². The predicted molar refractivity (Wildman–Crippen MR) is 94.1 cm³/mol. The van der Waals surface area contributed by atoms with Gasteiger partial charge in [-0.1, -0.05) is 12.1 Å². The molecule has 1 atom stereocenters. The lowest BCUT2D eigenvalue weighted by Crippen LogP contribution is -2.39. The van der Waals surface area contributed by atoms with E-state index in [0.717, 1.165) is 43.6 Å². The van der Waals surface area contributed by atoms with Crippen LogP contribution in [0.5, 0.6) is 0 Å². The van der Waals surface area contributed by atoms with Gasteiger partial charge >= 0.3 is 0 Å². The van der Waals surface area contributed by atoms with Gasteiger partial charge in [0.15, 0.2) is 0 Å². The smallest absolute Gasteiger partial charge is 0.253 e. The first-order chi connectivity index (χ1) is 12.1. The van der Waals surface area contributed by atoms with E-state index < -0.39 is 0 Å². The van der Waals surface area contributed by atoms with Gasteiger partial charge in [-0.2, -0.15) is 5.26 Å². The van der Waals surface area contributed by atoms with E-state index in [2.05, 4.69) is 11.1 Å². The van der Waals surface area contributed by atoms with Crippen LogP contribution in [0.25, 0.3) is 0 Å². The molecule has 1 aliphatic carbocycles. The van der Waals surface area contributed by atoms with E-state index in [9.17, 15) is 10.1 Å². The number of nitrogens with zero attached hydrogens (tertiary/aromatic N) is 4. The molecule has 1 saturated carbocycles. The Morgan fingerprint density at radius 1 is 1.32 bits per heavy atom. The maximum Gasteiger partial charge on any atom is 0.253 e. The van der Waals surface area contributed by atoms with Crippen LogP contribution in [0.15, 0.2) is 36.7 Å². The molecule has 1 saturated heterocycles. The van der Waals surface area contributed by atoms with E-state index in [4.69, 9.17) is 0 Å². The molecule has 5 heteroatoms. The lowest BCUT2D eigenvalue weighted by molar-refractivity contribution is 0.0703. The summed E-state index contributed by atoms with van der Waals surface area (Å²) < 4.78 is 2.05. The highest BCUT2D eigenvalue weighted by molar-refractivity contribution is 5.94. The molecular formula is C20H22N4O. The second kappa shape index (κ2) is 6.03. The largest absolute Gasteiger partial charge is 0.338 e. The molecule has 2 fully saturated rings. The first-order valence-electron chi connectivity index (χ1n) is 8.91. The molecule has 1 aromatic carbocycles. The van der Waals surface area contributed by atoms with Gasteiger partial charge in [-0.15, -0.1) is 0 Å². The number of aromatic nitrogens is 2. The number of hydrogen-bond acceptors (Lipinski definition) is 3. The summed E-state index contributed by atoms with van der Waals surface area (Å²) in [5, 5.41) is 9.30. The van der Waals surface area contributed by atoms with Crippen molar-refractivity contribution in [3.05, 3.63) is 53.6 Å². The number of carbonyl (C=O) groups excluding carboxylic acids is 1. The molecule has 2 aliphatic rings. The van der Waals surface area contributed by atoms with Gasteiger partial charge in [-0.25, -0.2) is 4.98 Å². The van der Waals surface area contributed by atoms with E-state index in [-0.39, 0.29) is 11.3 Å². The summed E-state index contributed by atoms with van der Waals surface area (Å²) >= 11 is 0. The van der Waals surface area contributed by atoms with Crippen molar-refractivity contribution in [1.82, 2.24) is 14.5 Å². The first kappa shape index (κ1) is 15.9. The zero-order chi connectivity index (χ0) is 17.4. The number of hydrogen-bond donors (Lipinski definition) is 0. The van der Waals surface area contributed by atoms with Gasteiger partial charge < -0.3 is 9.47 Å². The summed E-state index contributed by atoms with van der Waals surface area (Å²) in [4.78, 5) is 19.3. The zero-order valence-electron chi connectivity index (χ0n) is 14.5. The Morgan fingerprint density at radius 2 is 2.08 bits per heavy atom. The van der Waals surface area contributed by atoms with E-state index in [0.29, 0.717) is 18.0 Å². The number of amides is 1. The molecule has 1 aliphatic heterocycles. The van der Waals surface area contributed by atoms with Crippen molar-refractivity contribution in [3.8, 4) is 6.07 Å². The third kappa shape index (κ3) is 2.82. The highest BCUT2D eigenvalue weighted by Gasteiger charge is 2.44. The van der Waals surface area contributed by atoms with Crippen molar-refractivity contribution in [2.45, 2.75) is 37.0 Å². The van der Waals surface area contributed by atoms with Crippen LogP contribution in [0, 0.1) is 11.3 Å². The normalized spacial score (nSPS) is 21.6. The van der Waals surface area contributed by atoms with Crippen molar-refractivity contribution >= 4 is 5.91 Å². The van der Waals surface area contributed by atoms with Crippen molar-refractivity contribution < 1.29 is 4.79 Å². The highest BCUT2D eigenvalue weighted by Crippen LogP contribution is 2.47. The molecule has 0 spiro atoms. The minimum absolute atomic E-state index is 0.0762. The second-order valence-electron chi connectivity index (χ2n) is 7.26. The van der Waals surface area contributed by atoms with E-state index in [1.165, 1.54) is 0 Å². The molecule has 2 aromatic rings. The maximum atomic E-state index is 12.9. The molecule has 128 valence electrons. The monoisotopic (exact) mass is 334 g/mol. The van der Waals surface area contributed by atoms with Crippen LogP contribution in [0.2, 0.25) is 0 Å². The molecule has 1 amide bonds. The summed E-state index contributed by atoms with van der Waals surface area (Å²) in [6.07, 6.45) is 7.69. The van der Waals surface area contributed by atoms with Crippen LogP contribution in [0.4, 0.5) is 0 Å². The zero-order valence-corrected chi connectivity index (χ0v) is 14.5. The van der Waals surface area contributed by atoms with Crippen molar-refractivity contribution in [1.29, 1.82) is 5.26 Å². The molecule has 0 N–H and O–H groups in total. The predicted octanol–water partition coefficient (Wildman–Crippen LogP) is 3.00. The lowest BCUT2D eigenvalue weighted by Gasteiger charge is -2.32. The Balaban J connectivity index is 1.49. The third-order valence-corrected chi connectivity index (χ3v) is 5.58. The molecule has 1 unspecified atom stereocenters. The first-order valence-corrected chi connectivity index (χ1v) is 8.91. The fraction of sp³-hybridized carbons (Fsp3) is 0.450. The molecular weight excluding hydrogens is 312 g/mol. The van der Waals surface area contributed by atoms with Crippen molar-refractivity contribution in [2.75, 3.05) is 13.1 Å². The fourth-order valence-corrected chi connectivity index (χ4v) is 3.85. The number of piperidine rings is 1. The molecule has 5 nitrogen and oxygen atoms in total. The summed E-state index contributed by atoms with van der Waals surface area (Å²) in [5.74, 6) is 1.43. The number of rotatable bonds is 3. The van der Waals surface area contributed by atoms with E-state index in [1.54, 1.807) is 0 Å². The molecule has 0 radical (unpaired) electrons. The van der Waals surface area contributed by atoms with Gasteiger partial charge in [0.05, 0.1) is 11.5 Å². The second-order valence-corrected chi connectivity index (χ2v) is 7.26. The van der Waals surface area contributed by atoms with Crippen LogP contribution in [-0.4, -0.2) is 33.4 Å². The summed E-state index contributed by atoms with van der Waals surface area (Å²) in [6.45, 7) is 1.51.